The number of hydrogen-bond donors (Lipinski definition) is 1. The van der Waals surface area contributed by atoms with Crippen LogP contribution in [0.4, 0.5) is 5.69 Å². The Morgan fingerprint density at radius 3 is 2.25 bits per heavy atom. The molecule has 0 unspecified atom stereocenters. The van der Waals surface area contributed by atoms with E-state index in [1.807, 2.05) is 81.7 Å². The van der Waals surface area contributed by atoms with E-state index in [1.165, 1.54) is 0 Å². The minimum Gasteiger partial charge on any atom is -0.497 e. The van der Waals surface area contributed by atoms with Crippen LogP contribution >= 0.6 is 0 Å². The van der Waals surface area contributed by atoms with Crippen LogP contribution in [0, 0.1) is 63.2 Å². The van der Waals surface area contributed by atoms with Crippen molar-refractivity contribution in [2.45, 2.75) is 6.42 Å². The van der Waals surface area contributed by atoms with Gasteiger partial charge < -0.3 is 10.1 Å². The Kier molecular flexibility index (Phi) is 5.95. The van der Waals surface area contributed by atoms with Gasteiger partial charge in [0.05, 0.1) is 7.11 Å². The lowest BCUT2D eigenvalue weighted by atomic mass is 9.93. The van der Waals surface area contributed by atoms with Crippen molar-refractivity contribution in [3.63, 3.8) is 0 Å². The third-order valence-electron chi connectivity index (χ3n) is 3.80. The summed E-state index contributed by atoms with van der Waals surface area (Å²) in [5.74, 6) is 2.82. The Hall–Kier alpha value is -1.77. The fourth-order valence-electron chi connectivity index (χ4n) is 2.52. The molecule has 0 aliphatic heterocycles. The summed E-state index contributed by atoms with van der Waals surface area (Å²) in [4.78, 5) is 12.7. The summed E-state index contributed by atoms with van der Waals surface area (Å²) in [5.41, 5.74) is 1.47. The van der Waals surface area contributed by atoms with Crippen LogP contribution in [0.15, 0.2) is 35.9 Å². The summed E-state index contributed by atoms with van der Waals surface area (Å²) in [6, 6.07) is 7.32. The Morgan fingerprint density at radius 1 is 1.00 bits per heavy atom. The third-order valence-corrected chi connectivity index (χ3v) is 3.80. The monoisotopic (exact) mass is 317 g/mol. The molecule has 0 heterocycles. The van der Waals surface area contributed by atoms with Crippen LogP contribution in [0.2, 0.25) is 0 Å². The molecule has 0 atom stereocenters. The van der Waals surface area contributed by atoms with Crippen molar-refractivity contribution >= 4 is 11.6 Å². The number of allylic oxidation sites excluding steroid dienone is 1. The molecule has 2 saturated carbocycles. The summed E-state index contributed by atoms with van der Waals surface area (Å²) in [7, 11) is 1.62. The van der Waals surface area contributed by atoms with Gasteiger partial charge in [0, 0.05) is 17.2 Å². The van der Waals surface area contributed by atoms with Crippen molar-refractivity contribution in [2.75, 3.05) is 12.4 Å². The number of hydrogen-bond acceptors (Lipinski definition) is 2. The average molecular weight is 317 g/mol. The molecule has 10 radical (unpaired) electrons. The molecule has 1 amide bonds. The maximum Gasteiger partial charge on any atom is 0.251 e. The Morgan fingerprint density at radius 2 is 1.62 bits per heavy atom. The molecule has 120 valence electrons. The molecule has 3 nitrogen and oxygen atoms in total. The maximum absolute atomic E-state index is 12.7. The normalized spacial score (nSPS) is 19.6. The topological polar surface area (TPSA) is 38.3 Å². The van der Waals surface area contributed by atoms with Gasteiger partial charge >= 0.3 is 0 Å². The Labute approximate surface area is 145 Å². The molecule has 1 aromatic rings. The quantitative estimate of drug-likeness (QED) is 0.811. The van der Waals surface area contributed by atoms with Gasteiger partial charge in [0.25, 0.3) is 5.91 Å². The summed E-state index contributed by atoms with van der Waals surface area (Å²) in [6.07, 6.45) is 18.5. The van der Waals surface area contributed by atoms with Crippen LogP contribution in [0.25, 0.3) is 0 Å². The van der Waals surface area contributed by atoms with Crippen LogP contribution in [0.3, 0.4) is 0 Å². The molecular formula is C21H19NO2. The van der Waals surface area contributed by atoms with Crippen molar-refractivity contribution in [2.24, 2.45) is 0 Å². The number of benzene rings is 1. The fourth-order valence-corrected chi connectivity index (χ4v) is 2.52. The van der Waals surface area contributed by atoms with E-state index in [9.17, 15) is 4.79 Å². The van der Waals surface area contributed by atoms with Gasteiger partial charge in [-0.3, -0.25) is 4.79 Å². The third kappa shape index (κ3) is 4.62. The predicted molar refractivity (Wildman–Crippen MR) is 95.2 cm³/mol. The van der Waals surface area contributed by atoms with E-state index in [0.29, 0.717) is 6.42 Å². The van der Waals surface area contributed by atoms with Crippen LogP contribution in [0.5, 0.6) is 5.75 Å². The number of ether oxygens (including phenoxy) is 1. The molecule has 2 fully saturated rings. The lowest BCUT2D eigenvalue weighted by Gasteiger charge is -2.14. The number of methoxy groups -OCH3 is 1. The van der Waals surface area contributed by atoms with Crippen molar-refractivity contribution in [3.05, 3.63) is 99.1 Å². The van der Waals surface area contributed by atoms with Crippen LogP contribution in [0.1, 0.15) is 6.42 Å². The van der Waals surface area contributed by atoms with E-state index in [4.69, 9.17) is 4.74 Å². The van der Waals surface area contributed by atoms with E-state index in [-0.39, 0.29) is 5.91 Å². The summed E-state index contributed by atoms with van der Waals surface area (Å²) >= 11 is 0. The van der Waals surface area contributed by atoms with Crippen LogP contribution in [-0.4, -0.2) is 13.0 Å². The first-order chi connectivity index (χ1) is 11.7. The zero-order chi connectivity index (χ0) is 16.8. The number of amides is 1. The number of carbonyl (C=O) groups is 1. The number of carbonyl (C=O) groups excluding carboxylic acids is 1. The zero-order valence-electron chi connectivity index (χ0n) is 13.5. The predicted octanol–water partition coefficient (Wildman–Crippen LogP) is 3.76. The Bertz CT molecular complexity index is 564. The number of rotatable bonds is 6. The maximum atomic E-state index is 12.7. The zero-order valence-corrected chi connectivity index (χ0v) is 13.5. The second-order valence-corrected chi connectivity index (χ2v) is 5.54. The van der Waals surface area contributed by atoms with Crippen molar-refractivity contribution < 1.29 is 9.53 Å². The van der Waals surface area contributed by atoms with Crippen LogP contribution < -0.4 is 10.1 Å². The van der Waals surface area contributed by atoms with Crippen LogP contribution in [-0.2, 0) is 4.79 Å². The SMILES string of the molecule is COc1ccc(NC(=O)/C(=C/[C]2[CH][CH][CH][CH]2)C[C]2[CH][CH][CH][CH]2)cc1. The fraction of sp³-hybridized carbons (Fsp3) is 0.0952. The molecular weight excluding hydrogens is 298 g/mol. The smallest absolute Gasteiger partial charge is 0.251 e. The minimum absolute atomic E-state index is 0.0948. The lowest BCUT2D eigenvalue weighted by Crippen LogP contribution is -2.17. The molecule has 0 aromatic heterocycles. The van der Waals surface area contributed by atoms with Gasteiger partial charge in [0.1, 0.15) is 5.75 Å². The molecule has 0 saturated heterocycles. The van der Waals surface area contributed by atoms with Crippen molar-refractivity contribution in [1.29, 1.82) is 0 Å². The first kappa shape index (κ1) is 17.1. The molecule has 1 N–H and O–H groups in total. The molecule has 2 aliphatic carbocycles. The van der Waals surface area contributed by atoms with Gasteiger partial charge in [-0.05, 0) is 88.0 Å². The lowest BCUT2D eigenvalue weighted by molar-refractivity contribution is -0.113. The first-order valence-electron chi connectivity index (χ1n) is 7.83. The van der Waals surface area contributed by atoms with Gasteiger partial charge in [-0.15, -0.1) is 0 Å². The van der Waals surface area contributed by atoms with Gasteiger partial charge in [-0.2, -0.15) is 0 Å². The van der Waals surface area contributed by atoms with Gasteiger partial charge in [0.15, 0.2) is 0 Å². The minimum atomic E-state index is -0.0948. The second kappa shape index (κ2) is 8.36. The summed E-state index contributed by atoms with van der Waals surface area (Å²) in [6.45, 7) is 0. The number of nitrogens with one attached hydrogen (secondary N) is 1. The van der Waals surface area contributed by atoms with E-state index in [1.54, 1.807) is 7.11 Å². The highest BCUT2D eigenvalue weighted by Crippen LogP contribution is 2.32. The van der Waals surface area contributed by atoms with Gasteiger partial charge in [0.2, 0.25) is 0 Å². The van der Waals surface area contributed by atoms with Crippen molar-refractivity contribution in [1.82, 2.24) is 0 Å². The first-order valence-corrected chi connectivity index (χ1v) is 7.83. The Balaban J connectivity index is 1.68. The molecule has 1 aromatic carbocycles. The van der Waals surface area contributed by atoms with E-state index in [2.05, 4.69) is 5.32 Å². The van der Waals surface area contributed by atoms with Gasteiger partial charge in [-0.25, -0.2) is 0 Å². The van der Waals surface area contributed by atoms with Crippen molar-refractivity contribution in [3.8, 4) is 5.75 Å². The highest BCUT2D eigenvalue weighted by Gasteiger charge is 2.24. The highest BCUT2D eigenvalue weighted by molar-refractivity contribution is 6.04. The molecule has 0 spiro atoms. The second-order valence-electron chi connectivity index (χ2n) is 5.54. The number of anilines is 1. The molecule has 2 aliphatic rings. The molecule has 3 heteroatoms. The molecule has 3 rings (SSSR count). The standard InChI is InChI=1S/C21H19NO2/c1-24-20-12-10-19(11-13-20)22-21(23)18(14-16-6-2-3-7-16)15-17-8-4-5-9-17/h2-14H,15H2,1H3,(H,22,23)/b18-14+. The average Bonchev–Trinajstić information content (AvgIpc) is 3.29. The molecule has 24 heavy (non-hydrogen) atoms. The largest absolute Gasteiger partial charge is 0.497 e. The summed E-state index contributed by atoms with van der Waals surface area (Å²) < 4.78 is 5.14. The highest BCUT2D eigenvalue weighted by atomic mass is 16.5. The van der Waals surface area contributed by atoms with Gasteiger partial charge in [-0.1, -0.05) is 6.08 Å². The molecule has 0 bridgehead atoms. The van der Waals surface area contributed by atoms with E-state index < -0.39 is 0 Å². The van der Waals surface area contributed by atoms with E-state index >= 15 is 0 Å². The van der Waals surface area contributed by atoms with E-state index in [0.717, 1.165) is 28.8 Å². The summed E-state index contributed by atoms with van der Waals surface area (Å²) in [5, 5.41) is 2.96.